The normalized spacial score (nSPS) is 11.2. The lowest BCUT2D eigenvalue weighted by Gasteiger charge is -2.18. The number of methoxy groups -OCH3 is 1. The van der Waals surface area contributed by atoms with Crippen molar-refractivity contribution in [1.82, 2.24) is 9.62 Å². The minimum absolute atomic E-state index is 0.0348. The van der Waals surface area contributed by atoms with Crippen LogP contribution in [0.15, 0.2) is 53.4 Å². The molecule has 0 spiro atoms. The molecule has 26 heavy (non-hydrogen) atoms. The number of hydrogen-bond acceptors (Lipinski definition) is 4. The third kappa shape index (κ3) is 4.83. The van der Waals surface area contributed by atoms with E-state index >= 15 is 0 Å². The number of carbonyl (C=O) groups is 1. The fourth-order valence-corrected chi connectivity index (χ4v) is 3.81. The van der Waals surface area contributed by atoms with Crippen molar-refractivity contribution in [2.24, 2.45) is 0 Å². The van der Waals surface area contributed by atoms with Crippen LogP contribution in [-0.4, -0.2) is 39.9 Å². The number of nitrogens with zero attached hydrogens (tertiary/aromatic N) is 1. The maximum Gasteiger partial charge on any atom is 0.253 e. The molecule has 7 heteroatoms. The maximum atomic E-state index is 12.7. The van der Waals surface area contributed by atoms with Gasteiger partial charge in [0.1, 0.15) is 10.6 Å². The molecule has 1 amide bonds. The molecule has 0 aliphatic carbocycles. The minimum Gasteiger partial charge on any atom is -0.495 e. The van der Waals surface area contributed by atoms with Gasteiger partial charge in [-0.1, -0.05) is 37.3 Å². The van der Waals surface area contributed by atoms with Crippen molar-refractivity contribution in [1.29, 1.82) is 0 Å². The third-order valence-corrected chi connectivity index (χ3v) is 5.33. The second kappa shape index (κ2) is 8.82. The second-order valence-corrected chi connectivity index (χ2v) is 7.65. The molecule has 1 N–H and O–H groups in total. The summed E-state index contributed by atoms with van der Waals surface area (Å²) in [7, 11) is -0.668. The van der Waals surface area contributed by atoms with Crippen LogP contribution >= 0.6 is 0 Å². The lowest BCUT2D eigenvalue weighted by molar-refractivity contribution is 0.0785. The van der Waals surface area contributed by atoms with Crippen LogP contribution in [0.1, 0.15) is 29.3 Å². The summed E-state index contributed by atoms with van der Waals surface area (Å²) in [5.74, 6) is -0.0562. The molecule has 0 bridgehead atoms. The summed E-state index contributed by atoms with van der Waals surface area (Å²) in [5.41, 5.74) is 1.29. The Morgan fingerprint density at radius 1 is 1.15 bits per heavy atom. The van der Waals surface area contributed by atoms with Gasteiger partial charge < -0.3 is 9.64 Å². The van der Waals surface area contributed by atoms with E-state index in [1.807, 2.05) is 37.3 Å². The predicted octanol–water partition coefficient (Wildman–Crippen LogP) is 2.66. The fraction of sp³-hybridized carbons (Fsp3) is 0.316. The Labute approximate surface area is 154 Å². The monoisotopic (exact) mass is 376 g/mol. The van der Waals surface area contributed by atoms with Gasteiger partial charge in [-0.2, -0.15) is 0 Å². The average molecular weight is 376 g/mol. The highest BCUT2D eigenvalue weighted by molar-refractivity contribution is 7.89. The zero-order valence-electron chi connectivity index (χ0n) is 15.2. The number of amides is 1. The standard InChI is InChI=1S/C19H24N2O4S/c1-4-12-20-26(23,24)18-13-16(10-11-17(18)25-3)19(22)21(2)14-15-8-6-5-7-9-15/h5-11,13,20H,4,12,14H2,1-3H3. The Morgan fingerprint density at radius 2 is 1.85 bits per heavy atom. The van der Waals surface area contributed by atoms with Gasteiger partial charge in [0, 0.05) is 25.7 Å². The first-order valence-corrected chi connectivity index (χ1v) is 9.84. The van der Waals surface area contributed by atoms with Gasteiger partial charge in [0.05, 0.1) is 7.11 Å². The first-order chi connectivity index (χ1) is 12.4. The van der Waals surface area contributed by atoms with E-state index in [0.717, 1.165) is 5.56 Å². The van der Waals surface area contributed by atoms with E-state index in [0.29, 0.717) is 25.1 Å². The van der Waals surface area contributed by atoms with Crippen LogP contribution in [0.2, 0.25) is 0 Å². The Hall–Kier alpha value is -2.38. The summed E-state index contributed by atoms with van der Waals surface area (Å²) in [5, 5.41) is 0. The van der Waals surface area contributed by atoms with Gasteiger partial charge in [0.25, 0.3) is 5.91 Å². The SMILES string of the molecule is CCCNS(=O)(=O)c1cc(C(=O)N(C)Cc2ccccc2)ccc1OC. The molecule has 0 saturated carbocycles. The third-order valence-electron chi connectivity index (χ3n) is 3.85. The quantitative estimate of drug-likeness (QED) is 0.768. The van der Waals surface area contributed by atoms with E-state index in [-0.39, 0.29) is 16.6 Å². The van der Waals surface area contributed by atoms with Gasteiger partial charge in [0.2, 0.25) is 10.0 Å². The lowest BCUT2D eigenvalue weighted by Crippen LogP contribution is -2.28. The topological polar surface area (TPSA) is 75.7 Å². The van der Waals surface area contributed by atoms with Crippen molar-refractivity contribution in [2.45, 2.75) is 24.8 Å². The van der Waals surface area contributed by atoms with Crippen molar-refractivity contribution in [3.05, 3.63) is 59.7 Å². The molecule has 140 valence electrons. The Bertz CT molecular complexity index is 851. The van der Waals surface area contributed by atoms with E-state index in [1.54, 1.807) is 18.0 Å². The Morgan fingerprint density at radius 3 is 2.46 bits per heavy atom. The van der Waals surface area contributed by atoms with E-state index < -0.39 is 10.0 Å². The Balaban J connectivity index is 2.29. The minimum atomic E-state index is -3.75. The summed E-state index contributed by atoms with van der Waals surface area (Å²) in [6.45, 7) is 2.62. The molecule has 0 fully saturated rings. The van der Waals surface area contributed by atoms with Crippen molar-refractivity contribution in [2.75, 3.05) is 20.7 Å². The van der Waals surface area contributed by atoms with Gasteiger partial charge in [0.15, 0.2) is 0 Å². The van der Waals surface area contributed by atoms with Crippen LogP contribution < -0.4 is 9.46 Å². The molecular weight excluding hydrogens is 352 g/mol. The summed E-state index contributed by atoms with van der Waals surface area (Å²) in [6.07, 6.45) is 0.667. The van der Waals surface area contributed by atoms with E-state index in [2.05, 4.69) is 4.72 Å². The predicted molar refractivity (Wildman–Crippen MR) is 101 cm³/mol. The van der Waals surface area contributed by atoms with Crippen LogP contribution in [0.3, 0.4) is 0 Å². The second-order valence-electron chi connectivity index (χ2n) is 5.91. The van der Waals surface area contributed by atoms with Crippen LogP contribution in [0, 0.1) is 0 Å². The van der Waals surface area contributed by atoms with Crippen molar-refractivity contribution in [3.8, 4) is 5.75 Å². The zero-order valence-corrected chi connectivity index (χ0v) is 16.0. The summed E-state index contributed by atoms with van der Waals surface area (Å²) < 4.78 is 32.6. The first-order valence-electron chi connectivity index (χ1n) is 8.36. The molecule has 0 aromatic heterocycles. The van der Waals surface area contributed by atoms with E-state index in [9.17, 15) is 13.2 Å². The molecule has 0 heterocycles. The van der Waals surface area contributed by atoms with Crippen LogP contribution in [0.5, 0.6) is 5.75 Å². The number of benzene rings is 2. The maximum absolute atomic E-state index is 12.7. The molecule has 0 aliphatic heterocycles. The molecule has 0 saturated heterocycles. The van der Waals surface area contributed by atoms with Gasteiger partial charge in [-0.15, -0.1) is 0 Å². The number of nitrogens with one attached hydrogen (secondary N) is 1. The van der Waals surface area contributed by atoms with Crippen LogP contribution in [-0.2, 0) is 16.6 Å². The molecule has 0 radical (unpaired) electrons. The van der Waals surface area contributed by atoms with E-state index in [4.69, 9.17) is 4.74 Å². The van der Waals surface area contributed by atoms with E-state index in [1.165, 1.54) is 19.2 Å². The molecule has 2 aromatic rings. The first kappa shape index (κ1) is 19.9. The zero-order chi connectivity index (χ0) is 19.2. The van der Waals surface area contributed by atoms with Crippen LogP contribution in [0.25, 0.3) is 0 Å². The lowest BCUT2D eigenvalue weighted by atomic mass is 10.1. The highest BCUT2D eigenvalue weighted by Gasteiger charge is 2.22. The van der Waals surface area contributed by atoms with Crippen LogP contribution in [0.4, 0.5) is 0 Å². The fourth-order valence-electron chi connectivity index (χ4n) is 2.48. The summed E-state index contributed by atoms with van der Waals surface area (Å²) in [4.78, 5) is 14.2. The smallest absolute Gasteiger partial charge is 0.253 e. The number of ether oxygens (including phenoxy) is 1. The molecule has 0 aliphatic rings. The van der Waals surface area contributed by atoms with Gasteiger partial charge in [-0.05, 0) is 30.2 Å². The largest absolute Gasteiger partial charge is 0.495 e. The number of carbonyl (C=O) groups excluding carboxylic acids is 1. The van der Waals surface area contributed by atoms with Crippen molar-refractivity contribution >= 4 is 15.9 Å². The summed E-state index contributed by atoms with van der Waals surface area (Å²) >= 11 is 0. The molecule has 0 unspecified atom stereocenters. The average Bonchev–Trinajstić information content (AvgIpc) is 2.66. The molecule has 6 nitrogen and oxygen atoms in total. The highest BCUT2D eigenvalue weighted by atomic mass is 32.2. The summed E-state index contributed by atoms with van der Waals surface area (Å²) in [6, 6.07) is 14.0. The Kier molecular flexibility index (Phi) is 6.76. The van der Waals surface area contributed by atoms with Gasteiger partial charge in [-0.3, -0.25) is 4.79 Å². The number of sulfonamides is 1. The van der Waals surface area contributed by atoms with Crippen molar-refractivity contribution < 1.29 is 17.9 Å². The number of hydrogen-bond donors (Lipinski definition) is 1. The van der Waals surface area contributed by atoms with Gasteiger partial charge >= 0.3 is 0 Å². The molecule has 0 atom stereocenters. The molecular formula is C19H24N2O4S. The highest BCUT2D eigenvalue weighted by Crippen LogP contribution is 2.25. The molecule has 2 rings (SSSR count). The molecule has 2 aromatic carbocycles. The van der Waals surface area contributed by atoms with Gasteiger partial charge in [-0.25, -0.2) is 13.1 Å². The number of rotatable bonds is 8. The van der Waals surface area contributed by atoms with Crippen molar-refractivity contribution in [3.63, 3.8) is 0 Å².